The average Bonchev–Trinajstić information content (AvgIpc) is 2.47. The Morgan fingerprint density at radius 2 is 2.36 bits per heavy atom. The monoisotopic (exact) mass is 217 g/mol. The van der Waals surface area contributed by atoms with Crippen LogP contribution in [0.5, 0.6) is 0 Å². The standard InChI is InChI=1S/C9H12FNO2S/c1-9(2,10)8-11-6(5-14-8)3-4-7(12)13/h5H,3-4H2,1-2H3,(H,12,13). The molecule has 1 heterocycles. The Morgan fingerprint density at radius 3 is 2.79 bits per heavy atom. The molecular formula is C9H12FNO2S. The van der Waals surface area contributed by atoms with Crippen LogP contribution < -0.4 is 0 Å². The van der Waals surface area contributed by atoms with Crippen molar-refractivity contribution in [3.63, 3.8) is 0 Å². The van der Waals surface area contributed by atoms with Crippen LogP contribution in [0.4, 0.5) is 4.39 Å². The van der Waals surface area contributed by atoms with Gasteiger partial charge < -0.3 is 5.11 Å². The van der Waals surface area contributed by atoms with Crippen LogP contribution in [0.3, 0.4) is 0 Å². The molecule has 1 aromatic rings. The van der Waals surface area contributed by atoms with Crippen LogP contribution in [0.2, 0.25) is 0 Å². The summed E-state index contributed by atoms with van der Waals surface area (Å²) in [5.41, 5.74) is -0.787. The van der Waals surface area contributed by atoms with Gasteiger partial charge in [-0.25, -0.2) is 9.37 Å². The summed E-state index contributed by atoms with van der Waals surface area (Å²) in [7, 11) is 0. The first kappa shape index (κ1) is 11.1. The molecule has 3 nitrogen and oxygen atoms in total. The first-order valence-electron chi connectivity index (χ1n) is 4.25. The number of rotatable bonds is 4. The van der Waals surface area contributed by atoms with Crippen LogP contribution >= 0.6 is 11.3 Å². The number of halogens is 1. The number of carboxylic acids is 1. The first-order valence-corrected chi connectivity index (χ1v) is 5.13. The third-order valence-corrected chi connectivity index (χ3v) is 2.85. The maximum absolute atomic E-state index is 13.4. The second kappa shape index (κ2) is 4.04. The number of aliphatic carboxylic acids is 1. The fraction of sp³-hybridized carbons (Fsp3) is 0.556. The SMILES string of the molecule is CC(C)(F)c1nc(CCC(=O)O)cs1. The molecule has 78 valence electrons. The van der Waals surface area contributed by atoms with Gasteiger partial charge in [-0.3, -0.25) is 4.79 Å². The Balaban J connectivity index is 2.64. The zero-order chi connectivity index (χ0) is 10.8. The van der Waals surface area contributed by atoms with Crippen LogP contribution in [-0.4, -0.2) is 16.1 Å². The summed E-state index contributed by atoms with van der Waals surface area (Å²) in [4.78, 5) is 14.3. The molecule has 0 unspecified atom stereocenters. The van der Waals surface area contributed by atoms with E-state index in [9.17, 15) is 9.18 Å². The summed E-state index contributed by atoms with van der Waals surface area (Å²) in [6.07, 6.45) is 0.401. The van der Waals surface area contributed by atoms with E-state index in [-0.39, 0.29) is 6.42 Å². The van der Waals surface area contributed by atoms with Gasteiger partial charge in [0, 0.05) is 11.8 Å². The highest BCUT2D eigenvalue weighted by atomic mass is 32.1. The number of nitrogens with zero attached hydrogens (tertiary/aromatic N) is 1. The molecule has 1 N–H and O–H groups in total. The minimum atomic E-state index is -1.44. The van der Waals surface area contributed by atoms with Crippen molar-refractivity contribution in [3.8, 4) is 0 Å². The van der Waals surface area contributed by atoms with Gasteiger partial charge in [-0.05, 0) is 13.8 Å². The molecular weight excluding hydrogens is 205 g/mol. The number of thiazole rings is 1. The van der Waals surface area contributed by atoms with Crippen molar-refractivity contribution in [2.45, 2.75) is 32.4 Å². The van der Waals surface area contributed by atoms with E-state index in [0.29, 0.717) is 17.1 Å². The molecule has 0 bridgehead atoms. The lowest BCUT2D eigenvalue weighted by molar-refractivity contribution is -0.136. The zero-order valence-corrected chi connectivity index (χ0v) is 8.90. The second-order valence-electron chi connectivity index (χ2n) is 3.51. The molecule has 0 spiro atoms. The van der Waals surface area contributed by atoms with E-state index >= 15 is 0 Å². The summed E-state index contributed by atoms with van der Waals surface area (Å²) < 4.78 is 13.4. The molecule has 0 fully saturated rings. The number of aryl methyl sites for hydroxylation is 1. The molecule has 5 heteroatoms. The highest BCUT2D eigenvalue weighted by Crippen LogP contribution is 2.27. The summed E-state index contributed by atoms with van der Waals surface area (Å²) >= 11 is 1.23. The number of hydrogen-bond acceptors (Lipinski definition) is 3. The molecule has 14 heavy (non-hydrogen) atoms. The Kier molecular flexibility index (Phi) is 3.21. The average molecular weight is 217 g/mol. The quantitative estimate of drug-likeness (QED) is 0.842. The van der Waals surface area contributed by atoms with Gasteiger partial charge in [-0.1, -0.05) is 0 Å². The maximum atomic E-state index is 13.4. The molecule has 0 aromatic carbocycles. The van der Waals surface area contributed by atoms with Crippen LogP contribution in [-0.2, 0) is 16.9 Å². The van der Waals surface area contributed by atoms with Crippen molar-refractivity contribution in [1.29, 1.82) is 0 Å². The lowest BCUT2D eigenvalue weighted by Gasteiger charge is -2.08. The van der Waals surface area contributed by atoms with Gasteiger partial charge in [0.2, 0.25) is 0 Å². The number of alkyl halides is 1. The van der Waals surface area contributed by atoms with E-state index in [1.165, 1.54) is 25.2 Å². The van der Waals surface area contributed by atoms with Gasteiger partial charge in [0.25, 0.3) is 0 Å². The molecule has 0 radical (unpaired) electrons. The molecule has 0 saturated heterocycles. The molecule has 1 aromatic heterocycles. The molecule has 0 aliphatic rings. The van der Waals surface area contributed by atoms with Crippen molar-refractivity contribution in [3.05, 3.63) is 16.1 Å². The Hall–Kier alpha value is -0.970. The Bertz CT molecular complexity index is 330. The van der Waals surface area contributed by atoms with Gasteiger partial charge in [0.05, 0.1) is 12.1 Å². The molecule has 0 aliphatic carbocycles. The lowest BCUT2D eigenvalue weighted by Crippen LogP contribution is -2.08. The van der Waals surface area contributed by atoms with E-state index in [1.54, 1.807) is 5.38 Å². The summed E-state index contributed by atoms with van der Waals surface area (Å²) in [6, 6.07) is 0. The Morgan fingerprint density at radius 1 is 1.71 bits per heavy atom. The van der Waals surface area contributed by atoms with E-state index in [0.717, 1.165) is 0 Å². The fourth-order valence-electron chi connectivity index (χ4n) is 0.930. The number of hydrogen-bond donors (Lipinski definition) is 1. The highest BCUT2D eigenvalue weighted by Gasteiger charge is 2.22. The normalized spacial score (nSPS) is 11.6. The predicted octanol–water partition coefficient (Wildman–Crippen LogP) is 2.36. The predicted molar refractivity (Wildman–Crippen MR) is 52.2 cm³/mol. The van der Waals surface area contributed by atoms with E-state index in [4.69, 9.17) is 5.11 Å². The van der Waals surface area contributed by atoms with Gasteiger partial charge in [0.1, 0.15) is 5.01 Å². The molecule has 1 rings (SSSR count). The van der Waals surface area contributed by atoms with E-state index in [2.05, 4.69) is 4.98 Å². The van der Waals surface area contributed by atoms with Crippen molar-refractivity contribution >= 4 is 17.3 Å². The first-order chi connectivity index (χ1) is 6.39. The van der Waals surface area contributed by atoms with Gasteiger partial charge in [0.15, 0.2) is 5.67 Å². The smallest absolute Gasteiger partial charge is 0.303 e. The summed E-state index contributed by atoms with van der Waals surface area (Å²) in [6.45, 7) is 2.87. The number of aromatic nitrogens is 1. The van der Waals surface area contributed by atoms with Crippen molar-refractivity contribution < 1.29 is 14.3 Å². The molecule has 0 amide bonds. The molecule has 0 saturated carbocycles. The lowest BCUT2D eigenvalue weighted by atomic mass is 10.2. The third-order valence-electron chi connectivity index (χ3n) is 1.66. The second-order valence-corrected chi connectivity index (χ2v) is 4.37. The summed E-state index contributed by atoms with van der Waals surface area (Å²) in [5, 5.41) is 10.6. The minimum absolute atomic E-state index is 0.0376. The van der Waals surface area contributed by atoms with Gasteiger partial charge >= 0.3 is 5.97 Å². The van der Waals surface area contributed by atoms with Gasteiger partial charge in [-0.2, -0.15) is 0 Å². The minimum Gasteiger partial charge on any atom is -0.481 e. The highest BCUT2D eigenvalue weighted by molar-refractivity contribution is 7.09. The van der Waals surface area contributed by atoms with Crippen LogP contribution in [0.25, 0.3) is 0 Å². The Labute approximate surface area is 85.6 Å². The van der Waals surface area contributed by atoms with Crippen molar-refractivity contribution in [1.82, 2.24) is 4.98 Å². The molecule has 0 aliphatic heterocycles. The van der Waals surface area contributed by atoms with E-state index in [1.807, 2.05) is 0 Å². The fourth-order valence-corrected chi connectivity index (χ4v) is 1.80. The summed E-state index contributed by atoms with van der Waals surface area (Å²) in [5.74, 6) is -0.862. The molecule has 0 atom stereocenters. The number of carbonyl (C=O) groups is 1. The van der Waals surface area contributed by atoms with Crippen molar-refractivity contribution in [2.24, 2.45) is 0 Å². The van der Waals surface area contributed by atoms with Gasteiger partial charge in [-0.15, -0.1) is 11.3 Å². The topological polar surface area (TPSA) is 50.2 Å². The van der Waals surface area contributed by atoms with Crippen LogP contribution in [0, 0.1) is 0 Å². The van der Waals surface area contributed by atoms with E-state index < -0.39 is 11.6 Å². The third kappa shape index (κ3) is 3.06. The van der Waals surface area contributed by atoms with Crippen molar-refractivity contribution in [2.75, 3.05) is 0 Å². The largest absolute Gasteiger partial charge is 0.481 e. The number of carboxylic acid groups (broad SMARTS) is 1. The zero-order valence-electron chi connectivity index (χ0n) is 8.08. The maximum Gasteiger partial charge on any atom is 0.303 e. The van der Waals surface area contributed by atoms with Crippen LogP contribution in [0.15, 0.2) is 5.38 Å². The van der Waals surface area contributed by atoms with Crippen LogP contribution in [0.1, 0.15) is 31.0 Å².